The first-order chi connectivity index (χ1) is 8.42. The van der Waals surface area contributed by atoms with Crippen molar-refractivity contribution in [2.45, 2.75) is 19.8 Å². The third-order valence-electron chi connectivity index (χ3n) is 2.86. The maximum atomic E-state index is 2.27. The zero-order valence-corrected chi connectivity index (χ0v) is 11.3. The second kappa shape index (κ2) is 6.57. The van der Waals surface area contributed by atoms with Gasteiger partial charge >= 0.3 is 0 Å². The molecule has 0 radical (unpaired) electrons. The second-order valence-electron chi connectivity index (χ2n) is 4.19. The highest BCUT2D eigenvalue weighted by molar-refractivity contribution is 7.47. The standard InChI is InChI=1S/C16H19P/c1-2-3-13-17-16-12-8-7-11-15(16)14-9-5-4-6-10-14/h4-12,17H,2-3,13H2,1H3. The number of benzene rings is 2. The molecule has 2 aromatic carbocycles. The van der Waals surface area contributed by atoms with Gasteiger partial charge in [-0.25, -0.2) is 0 Å². The Balaban J connectivity index is 2.22. The maximum Gasteiger partial charge on any atom is -0.0110 e. The predicted molar refractivity (Wildman–Crippen MR) is 79.6 cm³/mol. The molecule has 2 aromatic rings. The minimum absolute atomic E-state index is 0.936. The molecule has 1 atom stereocenters. The first kappa shape index (κ1) is 12.3. The summed E-state index contributed by atoms with van der Waals surface area (Å²) < 4.78 is 0. The summed E-state index contributed by atoms with van der Waals surface area (Å²) in [6, 6.07) is 19.5. The van der Waals surface area contributed by atoms with Crippen molar-refractivity contribution in [3.05, 3.63) is 54.6 Å². The lowest BCUT2D eigenvalue weighted by atomic mass is 10.1. The monoisotopic (exact) mass is 242 g/mol. The Morgan fingerprint density at radius 1 is 0.882 bits per heavy atom. The van der Waals surface area contributed by atoms with Gasteiger partial charge in [0.15, 0.2) is 0 Å². The summed E-state index contributed by atoms with van der Waals surface area (Å²) in [5.74, 6) is 0. The Hall–Kier alpha value is -1.13. The summed E-state index contributed by atoms with van der Waals surface area (Å²) in [7, 11) is 0.936. The molecular formula is C16H19P. The number of hydrogen-bond donors (Lipinski definition) is 0. The van der Waals surface area contributed by atoms with Crippen LogP contribution in [0.15, 0.2) is 54.6 Å². The van der Waals surface area contributed by atoms with Crippen molar-refractivity contribution in [1.29, 1.82) is 0 Å². The first-order valence-corrected chi connectivity index (χ1v) is 7.51. The molecule has 0 aliphatic rings. The van der Waals surface area contributed by atoms with Crippen LogP contribution >= 0.6 is 8.58 Å². The van der Waals surface area contributed by atoms with Gasteiger partial charge in [0.2, 0.25) is 0 Å². The Kier molecular flexibility index (Phi) is 4.76. The number of unbranched alkanes of at least 4 members (excludes halogenated alkanes) is 1. The van der Waals surface area contributed by atoms with Gasteiger partial charge in [-0.2, -0.15) is 0 Å². The highest BCUT2D eigenvalue weighted by atomic mass is 31.1. The van der Waals surface area contributed by atoms with Crippen molar-refractivity contribution in [3.8, 4) is 11.1 Å². The van der Waals surface area contributed by atoms with Crippen molar-refractivity contribution in [2.24, 2.45) is 0 Å². The van der Waals surface area contributed by atoms with Gasteiger partial charge in [-0.05, 0) is 29.0 Å². The maximum absolute atomic E-state index is 2.27. The van der Waals surface area contributed by atoms with E-state index in [9.17, 15) is 0 Å². The van der Waals surface area contributed by atoms with Crippen LogP contribution < -0.4 is 5.30 Å². The fraction of sp³-hybridized carbons (Fsp3) is 0.250. The number of hydrogen-bond acceptors (Lipinski definition) is 0. The van der Waals surface area contributed by atoms with Gasteiger partial charge in [0, 0.05) is 0 Å². The molecule has 0 bridgehead atoms. The van der Waals surface area contributed by atoms with Crippen LogP contribution in [0, 0.1) is 0 Å². The van der Waals surface area contributed by atoms with Crippen LogP contribution in [-0.4, -0.2) is 6.16 Å². The van der Waals surface area contributed by atoms with E-state index in [0.717, 1.165) is 8.58 Å². The van der Waals surface area contributed by atoms with E-state index in [1.54, 1.807) is 0 Å². The van der Waals surface area contributed by atoms with Crippen LogP contribution in [-0.2, 0) is 0 Å². The fourth-order valence-electron chi connectivity index (χ4n) is 1.91. The van der Waals surface area contributed by atoms with Crippen molar-refractivity contribution < 1.29 is 0 Å². The fourth-order valence-corrected chi connectivity index (χ4v) is 3.34. The topological polar surface area (TPSA) is 0 Å². The molecular weight excluding hydrogens is 223 g/mol. The summed E-state index contributed by atoms with van der Waals surface area (Å²) >= 11 is 0. The van der Waals surface area contributed by atoms with Gasteiger partial charge < -0.3 is 0 Å². The van der Waals surface area contributed by atoms with Crippen LogP contribution in [0.2, 0.25) is 0 Å². The zero-order chi connectivity index (χ0) is 11.9. The van der Waals surface area contributed by atoms with E-state index in [0.29, 0.717) is 0 Å². The van der Waals surface area contributed by atoms with E-state index in [-0.39, 0.29) is 0 Å². The van der Waals surface area contributed by atoms with Crippen molar-refractivity contribution >= 4 is 13.9 Å². The average Bonchev–Trinajstić information content (AvgIpc) is 2.41. The van der Waals surface area contributed by atoms with Gasteiger partial charge in [0.05, 0.1) is 0 Å². The minimum atomic E-state index is 0.936. The molecule has 0 aliphatic heterocycles. The molecule has 0 spiro atoms. The summed E-state index contributed by atoms with van der Waals surface area (Å²) in [5, 5.41) is 1.51. The molecule has 0 nitrogen and oxygen atoms in total. The van der Waals surface area contributed by atoms with Crippen LogP contribution in [0.1, 0.15) is 19.8 Å². The van der Waals surface area contributed by atoms with Crippen molar-refractivity contribution in [1.82, 2.24) is 0 Å². The lowest BCUT2D eigenvalue weighted by Crippen LogP contribution is -2.00. The molecule has 0 saturated heterocycles. The van der Waals surface area contributed by atoms with Gasteiger partial charge in [0.25, 0.3) is 0 Å². The van der Waals surface area contributed by atoms with E-state index < -0.39 is 0 Å². The predicted octanol–water partition coefficient (Wildman–Crippen LogP) is 4.46. The van der Waals surface area contributed by atoms with Gasteiger partial charge in [-0.3, -0.25) is 0 Å². The highest BCUT2D eigenvalue weighted by Crippen LogP contribution is 2.23. The lowest BCUT2D eigenvalue weighted by molar-refractivity contribution is 0.895. The number of rotatable bonds is 5. The summed E-state index contributed by atoms with van der Waals surface area (Å²) in [6.45, 7) is 2.26. The molecule has 0 aliphatic carbocycles. The molecule has 1 heteroatoms. The third-order valence-corrected chi connectivity index (χ3v) is 4.28. The summed E-state index contributed by atoms with van der Waals surface area (Å²) in [4.78, 5) is 0. The molecule has 17 heavy (non-hydrogen) atoms. The van der Waals surface area contributed by atoms with Crippen molar-refractivity contribution in [2.75, 3.05) is 6.16 Å². The largest absolute Gasteiger partial charge is 0.0897 e. The Labute approximate surface area is 106 Å². The van der Waals surface area contributed by atoms with E-state index in [1.165, 1.54) is 35.4 Å². The van der Waals surface area contributed by atoms with E-state index in [4.69, 9.17) is 0 Å². The molecule has 1 unspecified atom stereocenters. The molecule has 88 valence electrons. The van der Waals surface area contributed by atoms with Gasteiger partial charge in [-0.1, -0.05) is 76.5 Å². The summed E-state index contributed by atoms with van der Waals surface area (Å²) in [6.07, 6.45) is 3.95. The Bertz CT molecular complexity index is 448. The lowest BCUT2D eigenvalue weighted by Gasteiger charge is -2.09. The summed E-state index contributed by atoms with van der Waals surface area (Å²) in [5.41, 5.74) is 2.75. The zero-order valence-electron chi connectivity index (χ0n) is 10.3. The molecule has 0 saturated carbocycles. The SMILES string of the molecule is CCCCPc1ccccc1-c1ccccc1. The molecule has 0 N–H and O–H groups in total. The van der Waals surface area contributed by atoms with Crippen LogP contribution in [0.4, 0.5) is 0 Å². The minimum Gasteiger partial charge on any atom is -0.0897 e. The van der Waals surface area contributed by atoms with Gasteiger partial charge in [-0.15, -0.1) is 0 Å². The quantitative estimate of drug-likeness (QED) is 0.536. The molecule has 0 aromatic heterocycles. The second-order valence-corrected chi connectivity index (χ2v) is 5.58. The Morgan fingerprint density at radius 3 is 2.35 bits per heavy atom. The Morgan fingerprint density at radius 2 is 1.59 bits per heavy atom. The third kappa shape index (κ3) is 3.41. The van der Waals surface area contributed by atoms with Crippen LogP contribution in [0.3, 0.4) is 0 Å². The molecule has 2 rings (SSSR count). The molecule has 0 heterocycles. The molecule has 0 amide bonds. The first-order valence-electron chi connectivity index (χ1n) is 6.30. The van der Waals surface area contributed by atoms with Crippen LogP contribution in [0.5, 0.6) is 0 Å². The van der Waals surface area contributed by atoms with E-state index in [2.05, 4.69) is 61.5 Å². The van der Waals surface area contributed by atoms with E-state index >= 15 is 0 Å². The van der Waals surface area contributed by atoms with Crippen molar-refractivity contribution in [3.63, 3.8) is 0 Å². The smallest absolute Gasteiger partial charge is 0.0110 e. The average molecular weight is 242 g/mol. The van der Waals surface area contributed by atoms with Gasteiger partial charge in [0.1, 0.15) is 0 Å². The normalized spacial score (nSPS) is 11.1. The van der Waals surface area contributed by atoms with E-state index in [1.807, 2.05) is 0 Å². The van der Waals surface area contributed by atoms with Crippen LogP contribution in [0.25, 0.3) is 11.1 Å². The highest BCUT2D eigenvalue weighted by Gasteiger charge is 2.03. The molecule has 0 fully saturated rings.